The minimum absolute atomic E-state index is 0.549. The summed E-state index contributed by atoms with van der Waals surface area (Å²) in [4.78, 5) is 0. The van der Waals surface area contributed by atoms with Gasteiger partial charge < -0.3 is 0 Å². The summed E-state index contributed by atoms with van der Waals surface area (Å²) in [6.45, 7) is 8.94. The second-order valence-corrected chi connectivity index (χ2v) is 6.92. The van der Waals surface area contributed by atoms with Gasteiger partial charge in [0.15, 0.2) is 0 Å². The number of nitrogens with one attached hydrogen (secondary N) is 1. The number of rotatable bonds is 6. The lowest BCUT2D eigenvalue weighted by atomic mass is 10.0. The van der Waals surface area contributed by atoms with E-state index < -0.39 is 0 Å². The van der Waals surface area contributed by atoms with Crippen molar-refractivity contribution in [3.63, 3.8) is 0 Å². The highest BCUT2D eigenvalue weighted by molar-refractivity contribution is 5.20. The number of aromatic nitrogens is 4. The molecule has 0 aromatic carbocycles. The molecule has 114 valence electrons. The highest BCUT2D eigenvalue weighted by atomic mass is 15.3. The molecule has 0 aliphatic heterocycles. The van der Waals surface area contributed by atoms with Crippen molar-refractivity contribution in [3.8, 4) is 0 Å². The fourth-order valence-electron chi connectivity index (χ4n) is 3.25. The number of H-pyrrole nitrogens is 1. The van der Waals surface area contributed by atoms with E-state index in [1.54, 1.807) is 0 Å². The van der Waals surface area contributed by atoms with Gasteiger partial charge in [-0.3, -0.25) is 9.78 Å². The number of hydrogen-bond acceptors (Lipinski definition) is 2. The van der Waals surface area contributed by atoms with Crippen LogP contribution in [0.15, 0.2) is 18.5 Å². The zero-order valence-corrected chi connectivity index (χ0v) is 13.5. The molecule has 2 heterocycles. The highest BCUT2D eigenvalue weighted by Crippen LogP contribution is 2.47. The average Bonchev–Trinajstić information content (AvgIpc) is 2.90. The van der Waals surface area contributed by atoms with Crippen molar-refractivity contribution >= 4 is 0 Å². The number of aromatic amines is 1. The Morgan fingerprint density at radius 2 is 2.10 bits per heavy atom. The molecular formula is C17H26N4. The van der Waals surface area contributed by atoms with Crippen LogP contribution in [0.25, 0.3) is 0 Å². The third-order valence-electron chi connectivity index (χ3n) is 4.63. The molecule has 2 aromatic heterocycles. The van der Waals surface area contributed by atoms with Crippen LogP contribution < -0.4 is 0 Å². The molecule has 1 N–H and O–H groups in total. The van der Waals surface area contributed by atoms with E-state index in [0.29, 0.717) is 17.9 Å². The molecule has 1 fully saturated rings. The van der Waals surface area contributed by atoms with Crippen molar-refractivity contribution in [2.75, 3.05) is 0 Å². The number of aryl methyl sites for hydroxylation is 1. The molecule has 0 radical (unpaired) electrons. The second-order valence-electron chi connectivity index (χ2n) is 6.92. The maximum atomic E-state index is 4.54. The molecule has 3 rings (SSSR count). The first-order valence-corrected chi connectivity index (χ1v) is 8.13. The van der Waals surface area contributed by atoms with Gasteiger partial charge in [-0.1, -0.05) is 27.7 Å². The Labute approximate surface area is 127 Å². The van der Waals surface area contributed by atoms with Gasteiger partial charge >= 0.3 is 0 Å². The molecule has 0 bridgehead atoms. The van der Waals surface area contributed by atoms with Crippen molar-refractivity contribution in [1.82, 2.24) is 20.0 Å². The Bertz CT molecular complexity index is 593. The summed E-state index contributed by atoms with van der Waals surface area (Å²) < 4.78 is 2.26. The van der Waals surface area contributed by atoms with Crippen LogP contribution in [0.5, 0.6) is 0 Å². The van der Waals surface area contributed by atoms with Crippen LogP contribution in [0.1, 0.15) is 75.4 Å². The predicted octanol–water partition coefficient (Wildman–Crippen LogP) is 4.05. The first kappa shape index (κ1) is 14.4. The Morgan fingerprint density at radius 1 is 1.29 bits per heavy atom. The van der Waals surface area contributed by atoms with E-state index in [4.69, 9.17) is 0 Å². The quantitative estimate of drug-likeness (QED) is 0.871. The lowest BCUT2D eigenvalue weighted by molar-refractivity contribution is 0.530. The second kappa shape index (κ2) is 5.66. The summed E-state index contributed by atoms with van der Waals surface area (Å²) >= 11 is 0. The molecule has 2 unspecified atom stereocenters. The zero-order valence-electron chi connectivity index (χ0n) is 13.5. The van der Waals surface area contributed by atoms with Gasteiger partial charge in [0.05, 0.1) is 12.2 Å². The highest BCUT2D eigenvalue weighted by Gasteiger charge is 2.40. The normalized spacial score (nSPS) is 21.4. The van der Waals surface area contributed by atoms with Crippen molar-refractivity contribution in [1.29, 1.82) is 0 Å². The van der Waals surface area contributed by atoms with E-state index >= 15 is 0 Å². The molecule has 21 heavy (non-hydrogen) atoms. The molecular weight excluding hydrogens is 260 g/mol. The van der Waals surface area contributed by atoms with E-state index in [-0.39, 0.29) is 0 Å². The third kappa shape index (κ3) is 2.89. The minimum atomic E-state index is 0.549. The lowest BCUT2D eigenvalue weighted by Crippen LogP contribution is -2.06. The van der Waals surface area contributed by atoms with Crippen LogP contribution >= 0.6 is 0 Å². The largest absolute Gasteiger partial charge is 0.282 e. The van der Waals surface area contributed by atoms with Gasteiger partial charge in [-0.2, -0.15) is 10.2 Å². The van der Waals surface area contributed by atoms with Crippen LogP contribution in [0, 0.1) is 5.92 Å². The Hall–Kier alpha value is -1.58. The van der Waals surface area contributed by atoms with E-state index in [1.807, 2.05) is 12.4 Å². The monoisotopic (exact) mass is 286 g/mol. The van der Waals surface area contributed by atoms with Crippen LogP contribution in [-0.2, 0) is 6.42 Å². The van der Waals surface area contributed by atoms with Crippen molar-refractivity contribution in [3.05, 3.63) is 35.4 Å². The molecule has 1 aliphatic rings. The van der Waals surface area contributed by atoms with E-state index in [2.05, 4.69) is 53.7 Å². The number of nitrogens with zero attached hydrogens (tertiary/aromatic N) is 3. The van der Waals surface area contributed by atoms with Crippen LogP contribution in [-0.4, -0.2) is 20.0 Å². The Balaban J connectivity index is 1.59. The van der Waals surface area contributed by atoms with Gasteiger partial charge in [0.2, 0.25) is 0 Å². The van der Waals surface area contributed by atoms with Gasteiger partial charge in [0.1, 0.15) is 0 Å². The summed E-state index contributed by atoms with van der Waals surface area (Å²) in [6.07, 6.45) is 7.52. The maximum absolute atomic E-state index is 4.54. The van der Waals surface area contributed by atoms with Gasteiger partial charge in [0.25, 0.3) is 0 Å². The van der Waals surface area contributed by atoms with Gasteiger partial charge in [-0.05, 0) is 48.6 Å². The SMILES string of the molecule is CC(C)c1cn[nH]c1CCC1CC1n1nccc1C(C)C. The Morgan fingerprint density at radius 3 is 2.81 bits per heavy atom. The fraction of sp³-hybridized carbons (Fsp3) is 0.647. The van der Waals surface area contributed by atoms with Crippen molar-refractivity contribution in [2.45, 2.75) is 64.8 Å². The van der Waals surface area contributed by atoms with Crippen LogP contribution in [0.2, 0.25) is 0 Å². The van der Waals surface area contributed by atoms with Gasteiger partial charge in [-0.15, -0.1) is 0 Å². The summed E-state index contributed by atoms with van der Waals surface area (Å²) in [5, 5.41) is 11.9. The van der Waals surface area contributed by atoms with Gasteiger partial charge in [0, 0.05) is 17.6 Å². The molecule has 0 saturated heterocycles. The Kier molecular flexibility index (Phi) is 3.87. The molecule has 0 spiro atoms. The summed E-state index contributed by atoms with van der Waals surface area (Å²) in [5.74, 6) is 1.87. The minimum Gasteiger partial charge on any atom is -0.282 e. The molecule has 0 amide bonds. The zero-order chi connectivity index (χ0) is 15.0. The standard InChI is InChI=1S/C17H26N4/c1-11(2)14-10-18-20-15(14)6-5-13-9-17(13)21-16(12(3)4)7-8-19-21/h7-8,10-13,17H,5-6,9H2,1-4H3,(H,18,20). The fourth-order valence-corrected chi connectivity index (χ4v) is 3.25. The maximum Gasteiger partial charge on any atom is 0.0555 e. The summed E-state index contributed by atoms with van der Waals surface area (Å²) in [5.41, 5.74) is 4.06. The van der Waals surface area contributed by atoms with Crippen LogP contribution in [0.3, 0.4) is 0 Å². The number of hydrogen-bond donors (Lipinski definition) is 1. The molecule has 1 aliphatic carbocycles. The molecule has 4 heteroatoms. The van der Waals surface area contributed by atoms with Crippen molar-refractivity contribution in [2.24, 2.45) is 5.92 Å². The third-order valence-corrected chi connectivity index (χ3v) is 4.63. The lowest BCUT2D eigenvalue weighted by Gasteiger charge is -2.10. The van der Waals surface area contributed by atoms with Crippen LogP contribution in [0.4, 0.5) is 0 Å². The molecule has 1 saturated carbocycles. The first-order valence-electron chi connectivity index (χ1n) is 8.13. The van der Waals surface area contributed by atoms with Crippen molar-refractivity contribution < 1.29 is 0 Å². The predicted molar refractivity (Wildman–Crippen MR) is 84.5 cm³/mol. The first-order chi connectivity index (χ1) is 10.1. The molecule has 2 aromatic rings. The van der Waals surface area contributed by atoms with E-state index in [9.17, 15) is 0 Å². The molecule has 4 nitrogen and oxygen atoms in total. The topological polar surface area (TPSA) is 46.5 Å². The smallest absolute Gasteiger partial charge is 0.0555 e. The van der Waals surface area contributed by atoms with E-state index in [0.717, 1.165) is 12.3 Å². The van der Waals surface area contributed by atoms with E-state index in [1.165, 1.54) is 29.8 Å². The van der Waals surface area contributed by atoms with Gasteiger partial charge in [-0.25, -0.2) is 0 Å². The molecule has 2 atom stereocenters. The summed E-state index contributed by atoms with van der Waals surface area (Å²) in [7, 11) is 0. The average molecular weight is 286 g/mol. The summed E-state index contributed by atoms with van der Waals surface area (Å²) in [6, 6.07) is 2.77.